The lowest BCUT2D eigenvalue weighted by atomic mass is 9.81. The van der Waals surface area contributed by atoms with E-state index in [0.717, 1.165) is 36.0 Å². The molecule has 104 valence electrons. The van der Waals surface area contributed by atoms with Gasteiger partial charge < -0.3 is 5.32 Å². The normalized spacial score (nSPS) is 12.4. The number of hydrogen-bond donors (Lipinski definition) is 1. The van der Waals surface area contributed by atoms with Gasteiger partial charge in [-0.15, -0.1) is 0 Å². The van der Waals surface area contributed by atoms with Crippen LogP contribution in [-0.4, -0.2) is 16.3 Å². The van der Waals surface area contributed by atoms with Crippen molar-refractivity contribution in [2.75, 3.05) is 6.54 Å². The molecule has 1 aromatic heterocycles. The lowest BCUT2D eigenvalue weighted by Crippen LogP contribution is -2.33. The summed E-state index contributed by atoms with van der Waals surface area (Å²) in [7, 11) is 0. The van der Waals surface area contributed by atoms with E-state index in [1.807, 2.05) is 11.6 Å². The molecule has 0 unspecified atom stereocenters. The van der Waals surface area contributed by atoms with Crippen molar-refractivity contribution in [2.45, 2.75) is 54.6 Å². The highest BCUT2D eigenvalue weighted by atomic mass is 35.5. The molecule has 1 rings (SSSR count). The number of aromatic nitrogens is 2. The standard InChI is InChI=1S/C14H26ClN3/c1-7-18-12(13(15)11(4)17-18)8-16-9-14(5,6)10(2)3/h10,16H,7-9H2,1-6H3. The summed E-state index contributed by atoms with van der Waals surface area (Å²) in [6.07, 6.45) is 0. The molecule has 3 nitrogen and oxygen atoms in total. The summed E-state index contributed by atoms with van der Waals surface area (Å²) in [5.74, 6) is 0.651. The molecule has 0 fully saturated rings. The van der Waals surface area contributed by atoms with Gasteiger partial charge in [-0.2, -0.15) is 5.10 Å². The molecule has 0 saturated carbocycles. The molecule has 1 aromatic rings. The number of nitrogens with one attached hydrogen (secondary N) is 1. The predicted octanol–water partition coefficient (Wildman–Crippen LogP) is 3.64. The summed E-state index contributed by atoms with van der Waals surface area (Å²) in [5.41, 5.74) is 2.30. The van der Waals surface area contributed by atoms with Gasteiger partial charge in [0.15, 0.2) is 0 Å². The second kappa shape index (κ2) is 6.07. The van der Waals surface area contributed by atoms with Crippen LogP contribution in [0.15, 0.2) is 0 Å². The second-order valence-corrected chi connectivity index (χ2v) is 6.29. The highest BCUT2D eigenvalue weighted by Gasteiger charge is 2.22. The zero-order chi connectivity index (χ0) is 13.9. The van der Waals surface area contributed by atoms with E-state index in [1.165, 1.54) is 0 Å². The third-order valence-corrected chi connectivity index (χ3v) is 4.38. The third kappa shape index (κ3) is 3.48. The fourth-order valence-electron chi connectivity index (χ4n) is 1.75. The Hall–Kier alpha value is -0.540. The molecule has 0 radical (unpaired) electrons. The van der Waals surface area contributed by atoms with Gasteiger partial charge in [0.2, 0.25) is 0 Å². The highest BCUT2D eigenvalue weighted by molar-refractivity contribution is 6.31. The molecule has 0 aliphatic rings. The molecule has 18 heavy (non-hydrogen) atoms. The van der Waals surface area contributed by atoms with Gasteiger partial charge in [0.25, 0.3) is 0 Å². The topological polar surface area (TPSA) is 29.9 Å². The van der Waals surface area contributed by atoms with Crippen LogP contribution in [0.25, 0.3) is 0 Å². The first-order valence-corrected chi connectivity index (χ1v) is 7.10. The molecular weight excluding hydrogens is 246 g/mol. The maximum atomic E-state index is 6.28. The van der Waals surface area contributed by atoms with Gasteiger partial charge in [-0.3, -0.25) is 4.68 Å². The molecule has 1 N–H and O–H groups in total. The van der Waals surface area contributed by atoms with Gasteiger partial charge in [0, 0.05) is 19.6 Å². The van der Waals surface area contributed by atoms with Crippen LogP contribution in [0.4, 0.5) is 0 Å². The Morgan fingerprint density at radius 3 is 2.50 bits per heavy atom. The smallest absolute Gasteiger partial charge is 0.0860 e. The van der Waals surface area contributed by atoms with Gasteiger partial charge in [0.1, 0.15) is 0 Å². The fraction of sp³-hybridized carbons (Fsp3) is 0.786. The number of halogens is 1. The quantitative estimate of drug-likeness (QED) is 0.856. The van der Waals surface area contributed by atoms with Crippen molar-refractivity contribution in [1.29, 1.82) is 0 Å². The molecule has 1 heterocycles. The molecule has 0 amide bonds. The Morgan fingerprint density at radius 1 is 1.39 bits per heavy atom. The molecule has 0 saturated heterocycles. The Morgan fingerprint density at radius 2 is 2.00 bits per heavy atom. The van der Waals surface area contributed by atoms with E-state index in [4.69, 9.17) is 11.6 Å². The largest absolute Gasteiger partial charge is 0.311 e. The molecule has 0 atom stereocenters. The van der Waals surface area contributed by atoms with Crippen LogP contribution >= 0.6 is 11.6 Å². The van der Waals surface area contributed by atoms with Crippen LogP contribution in [0.3, 0.4) is 0 Å². The predicted molar refractivity (Wildman–Crippen MR) is 78.0 cm³/mol. The first kappa shape index (κ1) is 15.5. The first-order valence-electron chi connectivity index (χ1n) is 6.72. The fourth-order valence-corrected chi connectivity index (χ4v) is 1.95. The van der Waals surface area contributed by atoms with Gasteiger partial charge in [-0.1, -0.05) is 39.3 Å². The van der Waals surface area contributed by atoms with Crippen LogP contribution < -0.4 is 5.32 Å². The minimum absolute atomic E-state index is 0.290. The zero-order valence-corrected chi connectivity index (χ0v) is 13.2. The maximum absolute atomic E-state index is 6.28. The van der Waals surface area contributed by atoms with E-state index in [0.29, 0.717) is 11.3 Å². The Labute approximate surface area is 116 Å². The van der Waals surface area contributed by atoms with Crippen molar-refractivity contribution in [3.8, 4) is 0 Å². The average Bonchev–Trinajstić information content (AvgIpc) is 2.56. The lowest BCUT2D eigenvalue weighted by molar-refractivity contribution is 0.237. The summed E-state index contributed by atoms with van der Waals surface area (Å²) in [4.78, 5) is 0. The molecule has 0 aromatic carbocycles. The lowest BCUT2D eigenvalue weighted by Gasteiger charge is -2.29. The second-order valence-electron chi connectivity index (χ2n) is 5.91. The molecule has 0 aliphatic heterocycles. The summed E-state index contributed by atoms with van der Waals surface area (Å²) in [6.45, 7) is 15.8. The monoisotopic (exact) mass is 271 g/mol. The van der Waals surface area contributed by atoms with E-state index >= 15 is 0 Å². The maximum Gasteiger partial charge on any atom is 0.0860 e. The van der Waals surface area contributed by atoms with Crippen molar-refractivity contribution < 1.29 is 0 Å². The molecule has 0 aliphatic carbocycles. The van der Waals surface area contributed by atoms with E-state index in [2.05, 4.69) is 45.0 Å². The van der Waals surface area contributed by atoms with Crippen molar-refractivity contribution in [1.82, 2.24) is 15.1 Å². The SMILES string of the molecule is CCn1nc(C)c(Cl)c1CNCC(C)(C)C(C)C. The Balaban J connectivity index is 2.64. The Bertz CT molecular complexity index is 394. The van der Waals surface area contributed by atoms with Crippen LogP contribution in [0.5, 0.6) is 0 Å². The van der Waals surface area contributed by atoms with Crippen molar-refractivity contribution in [3.63, 3.8) is 0 Å². The van der Waals surface area contributed by atoms with E-state index in [9.17, 15) is 0 Å². The van der Waals surface area contributed by atoms with E-state index in [1.54, 1.807) is 0 Å². The van der Waals surface area contributed by atoms with Gasteiger partial charge in [-0.25, -0.2) is 0 Å². The summed E-state index contributed by atoms with van der Waals surface area (Å²) < 4.78 is 1.98. The van der Waals surface area contributed by atoms with Crippen LogP contribution in [0.1, 0.15) is 46.0 Å². The van der Waals surface area contributed by atoms with Gasteiger partial charge >= 0.3 is 0 Å². The van der Waals surface area contributed by atoms with E-state index < -0.39 is 0 Å². The van der Waals surface area contributed by atoms with Gasteiger partial charge in [-0.05, 0) is 25.2 Å². The van der Waals surface area contributed by atoms with Crippen LogP contribution in [-0.2, 0) is 13.1 Å². The third-order valence-electron chi connectivity index (χ3n) is 3.89. The number of aryl methyl sites for hydroxylation is 2. The van der Waals surface area contributed by atoms with Crippen molar-refractivity contribution >= 4 is 11.6 Å². The Kier molecular flexibility index (Phi) is 5.23. The summed E-state index contributed by atoms with van der Waals surface area (Å²) in [5, 5.41) is 8.73. The molecule has 4 heteroatoms. The van der Waals surface area contributed by atoms with Crippen LogP contribution in [0.2, 0.25) is 5.02 Å². The number of hydrogen-bond acceptors (Lipinski definition) is 2. The highest BCUT2D eigenvalue weighted by Crippen LogP contribution is 2.25. The first-order chi connectivity index (χ1) is 8.29. The zero-order valence-electron chi connectivity index (χ0n) is 12.5. The van der Waals surface area contributed by atoms with Crippen molar-refractivity contribution in [3.05, 3.63) is 16.4 Å². The number of rotatable bonds is 6. The molecule has 0 bridgehead atoms. The molecule has 0 spiro atoms. The summed E-state index contributed by atoms with van der Waals surface area (Å²) in [6, 6.07) is 0. The number of nitrogens with zero attached hydrogens (tertiary/aromatic N) is 2. The summed E-state index contributed by atoms with van der Waals surface area (Å²) >= 11 is 6.28. The van der Waals surface area contributed by atoms with Crippen LogP contribution in [0, 0.1) is 18.3 Å². The minimum Gasteiger partial charge on any atom is -0.311 e. The van der Waals surface area contributed by atoms with Gasteiger partial charge in [0.05, 0.1) is 16.4 Å². The van der Waals surface area contributed by atoms with Crippen molar-refractivity contribution in [2.24, 2.45) is 11.3 Å². The average molecular weight is 272 g/mol. The minimum atomic E-state index is 0.290. The van der Waals surface area contributed by atoms with E-state index in [-0.39, 0.29) is 0 Å². The molecular formula is C14H26ClN3.